The molecule has 0 aliphatic heterocycles. The summed E-state index contributed by atoms with van der Waals surface area (Å²) in [4.78, 5) is 12.1. The summed E-state index contributed by atoms with van der Waals surface area (Å²) in [7, 11) is 0. The molecule has 0 bridgehead atoms. The molecule has 3 N–H and O–H groups in total. The molecule has 2 aromatic rings. The van der Waals surface area contributed by atoms with E-state index in [0.29, 0.717) is 48.7 Å². The minimum atomic E-state index is 0.385. The number of anilines is 2. The van der Waals surface area contributed by atoms with E-state index < -0.39 is 0 Å². The van der Waals surface area contributed by atoms with E-state index in [1.807, 2.05) is 6.92 Å². The van der Waals surface area contributed by atoms with E-state index in [9.17, 15) is 0 Å². The van der Waals surface area contributed by atoms with Gasteiger partial charge in [-0.1, -0.05) is 5.16 Å². The molecule has 0 spiro atoms. The predicted octanol–water partition coefficient (Wildman–Crippen LogP) is 0.804. The first-order valence-corrected chi connectivity index (χ1v) is 5.97. The van der Waals surface area contributed by atoms with Gasteiger partial charge in [0.25, 0.3) is 0 Å². The normalized spacial score (nSPS) is 10.4. The fourth-order valence-electron chi connectivity index (χ4n) is 1.51. The largest absolute Gasteiger partial charge is 0.476 e. The van der Waals surface area contributed by atoms with E-state index in [1.54, 1.807) is 6.92 Å². The molecule has 102 valence electrons. The molecule has 2 aromatic heterocycles. The van der Waals surface area contributed by atoms with Crippen molar-refractivity contribution in [2.24, 2.45) is 0 Å². The van der Waals surface area contributed by atoms with Gasteiger partial charge in [0.15, 0.2) is 11.6 Å². The molecule has 0 saturated carbocycles. The Labute approximate surface area is 110 Å². The predicted molar refractivity (Wildman–Crippen MR) is 68.8 cm³/mol. The van der Waals surface area contributed by atoms with Crippen LogP contribution in [0.1, 0.15) is 18.6 Å². The van der Waals surface area contributed by atoms with Crippen molar-refractivity contribution >= 4 is 11.5 Å². The van der Waals surface area contributed by atoms with Crippen LogP contribution in [-0.2, 0) is 6.42 Å². The first-order valence-electron chi connectivity index (χ1n) is 5.97. The van der Waals surface area contributed by atoms with Crippen molar-refractivity contribution in [1.82, 2.24) is 20.1 Å². The van der Waals surface area contributed by atoms with Gasteiger partial charge in [-0.2, -0.15) is 9.97 Å². The van der Waals surface area contributed by atoms with Crippen molar-refractivity contribution in [2.45, 2.75) is 20.3 Å². The lowest BCUT2D eigenvalue weighted by Gasteiger charge is -2.10. The molecule has 19 heavy (non-hydrogen) atoms. The van der Waals surface area contributed by atoms with Gasteiger partial charge in [-0.25, -0.2) is 4.98 Å². The van der Waals surface area contributed by atoms with Crippen molar-refractivity contribution in [1.29, 1.82) is 0 Å². The van der Waals surface area contributed by atoms with Crippen LogP contribution in [0.4, 0.5) is 11.5 Å². The fraction of sp³-hybridized carbons (Fsp3) is 0.455. The van der Waals surface area contributed by atoms with Crippen LogP contribution in [0.15, 0.2) is 10.9 Å². The van der Waals surface area contributed by atoms with E-state index in [1.165, 1.54) is 6.33 Å². The average molecular weight is 264 g/mol. The second kappa shape index (κ2) is 5.98. The van der Waals surface area contributed by atoms with Crippen LogP contribution in [0.3, 0.4) is 0 Å². The van der Waals surface area contributed by atoms with Crippen molar-refractivity contribution < 1.29 is 9.26 Å². The van der Waals surface area contributed by atoms with E-state index in [0.717, 1.165) is 0 Å². The Morgan fingerprint density at radius 3 is 2.95 bits per heavy atom. The Bertz CT molecular complexity index is 542. The average Bonchev–Trinajstić information content (AvgIpc) is 2.80. The number of nitrogen functional groups attached to an aromatic ring is 1. The Morgan fingerprint density at radius 1 is 1.42 bits per heavy atom. The third kappa shape index (κ3) is 3.30. The lowest BCUT2D eigenvalue weighted by molar-refractivity contribution is 0.328. The van der Waals surface area contributed by atoms with Crippen LogP contribution in [0, 0.1) is 6.92 Å². The zero-order valence-corrected chi connectivity index (χ0v) is 10.9. The summed E-state index contributed by atoms with van der Waals surface area (Å²) in [6, 6.07) is 0. The molecule has 0 unspecified atom stereocenters. The molecule has 2 rings (SSSR count). The molecule has 0 aliphatic carbocycles. The SMILES string of the molecule is CCOc1ncnc(NCCc2noc(C)n2)c1N. The Morgan fingerprint density at radius 2 is 2.26 bits per heavy atom. The standard InChI is InChI=1S/C11H16N6O2/c1-3-18-11-9(12)10(14-6-15-11)13-5-4-8-16-7(2)19-17-8/h6H,3-5,12H2,1-2H3,(H,13,14,15). The van der Waals surface area contributed by atoms with Crippen molar-refractivity contribution in [3.63, 3.8) is 0 Å². The van der Waals surface area contributed by atoms with Gasteiger partial charge in [0.1, 0.15) is 12.0 Å². The number of hydrogen-bond acceptors (Lipinski definition) is 8. The molecule has 0 amide bonds. The highest BCUT2D eigenvalue weighted by Gasteiger charge is 2.09. The lowest BCUT2D eigenvalue weighted by Crippen LogP contribution is -2.11. The minimum absolute atomic E-state index is 0.385. The van der Waals surface area contributed by atoms with Crippen molar-refractivity contribution in [3.05, 3.63) is 18.0 Å². The number of nitrogens with one attached hydrogen (secondary N) is 1. The molecule has 0 saturated heterocycles. The van der Waals surface area contributed by atoms with Crippen LogP contribution < -0.4 is 15.8 Å². The van der Waals surface area contributed by atoms with Gasteiger partial charge in [0.05, 0.1) is 6.61 Å². The van der Waals surface area contributed by atoms with Gasteiger partial charge >= 0.3 is 0 Å². The van der Waals surface area contributed by atoms with E-state index in [-0.39, 0.29) is 0 Å². The topological polar surface area (TPSA) is 112 Å². The third-order valence-corrected chi connectivity index (χ3v) is 2.34. The van der Waals surface area contributed by atoms with Gasteiger partial charge < -0.3 is 20.3 Å². The van der Waals surface area contributed by atoms with Crippen molar-refractivity contribution in [3.8, 4) is 5.88 Å². The van der Waals surface area contributed by atoms with Gasteiger partial charge in [-0.3, -0.25) is 0 Å². The molecular weight excluding hydrogens is 248 g/mol. The second-order valence-electron chi connectivity index (χ2n) is 3.78. The maximum atomic E-state index is 5.89. The monoisotopic (exact) mass is 264 g/mol. The zero-order valence-electron chi connectivity index (χ0n) is 10.9. The maximum Gasteiger partial charge on any atom is 0.242 e. The van der Waals surface area contributed by atoms with E-state index in [4.69, 9.17) is 15.0 Å². The number of nitrogens with zero attached hydrogens (tertiary/aromatic N) is 4. The minimum Gasteiger partial charge on any atom is -0.476 e. The maximum absolute atomic E-state index is 5.89. The molecular formula is C11H16N6O2. The number of nitrogens with two attached hydrogens (primary N) is 1. The molecule has 0 aromatic carbocycles. The van der Waals surface area contributed by atoms with Crippen molar-refractivity contribution in [2.75, 3.05) is 24.2 Å². The molecule has 8 nitrogen and oxygen atoms in total. The summed E-state index contributed by atoms with van der Waals surface area (Å²) in [5, 5.41) is 6.89. The number of ether oxygens (including phenoxy) is 1. The summed E-state index contributed by atoms with van der Waals surface area (Å²) in [6.45, 7) is 4.71. The summed E-state index contributed by atoms with van der Waals surface area (Å²) >= 11 is 0. The molecule has 0 aliphatic rings. The summed E-state index contributed by atoms with van der Waals surface area (Å²) in [6.07, 6.45) is 2.02. The number of rotatable bonds is 6. The Balaban J connectivity index is 1.94. The second-order valence-corrected chi connectivity index (χ2v) is 3.78. The summed E-state index contributed by atoms with van der Waals surface area (Å²) < 4.78 is 10.2. The third-order valence-electron chi connectivity index (χ3n) is 2.34. The van der Waals surface area contributed by atoms with Crippen LogP contribution in [0.2, 0.25) is 0 Å². The zero-order chi connectivity index (χ0) is 13.7. The van der Waals surface area contributed by atoms with Gasteiger partial charge in [0.2, 0.25) is 11.8 Å². The van der Waals surface area contributed by atoms with Gasteiger partial charge in [-0.05, 0) is 6.92 Å². The highest BCUT2D eigenvalue weighted by molar-refractivity contribution is 5.66. The molecule has 2 heterocycles. The van der Waals surface area contributed by atoms with Crippen LogP contribution in [0.25, 0.3) is 0 Å². The summed E-state index contributed by atoms with van der Waals surface area (Å²) in [5.41, 5.74) is 6.29. The smallest absolute Gasteiger partial charge is 0.242 e. The first-order chi connectivity index (χ1) is 9.20. The number of hydrogen-bond donors (Lipinski definition) is 2. The van der Waals surface area contributed by atoms with E-state index >= 15 is 0 Å². The molecule has 0 radical (unpaired) electrons. The molecule has 0 atom stereocenters. The van der Waals surface area contributed by atoms with Gasteiger partial charge in [-0.15, -0.1) is 0 Å². The number of aromatic nitrogens is 4. The van der Waals surface area contributed by atoms with E-state index in [2.05, 4.69) is 25.4 Å². The quantitative estimate of drug-likeness (QED) is 0.788. The van der Waals surface area contributed by atoms with Crippen LogP contribution in [0.5, 0.6) is 5.88 Å². The fourth-order valence-corrected chi connectivity index (χ4v) is 1.51. The number of aryl methyl sites for hydroxylation is 1. The van der Waals surface area contributed by atoms with Crippen LogP contribution in [-0.4, -0.2) is 33.3 Å². The molecule has 8 heteroatoms. The Kier molecular flexibility index (Phi) is 4.11. The highest BCUT2D eigenvalue weighted by atomic mass is 16.5. The highest BCUT2D eigenvalue weighted by Crippen LogP contribution is 2.24. The van der Waals surface area contributed by atoms with Crippen LogP contribution >= 0.6 is 0 Å². The molecule has 0 fully saturated rings. The first kappa shape index (κ1) is 13.1. The lowest BCUT2D eigenvalue weighted by atomic mass is 10.4. The Hall–Kier alpha value is -2.38. The van der Waals surface area contributed by atoms with Gasteiger partial charge in [0, 0.05) is 19.9 Å². The summed E-state index contributed by atoms with van der Waals surface area (Å²) in [5.74, 6) is 2.12.